The van der Waals surface area contributed by atoms with Crippen LogP contribution in [-0.4, -0.2) is 37.1 Å². The molecule has 0 saturated heterocycles. The van der Waals surface area contributed by atoms with E-state index in [4.69, 9.17) is 4.74 Å². The molecule has 0 saturated carbocycles. The van der Waals surface area contributed by atoms with Crippen molar-refractivity contribution in [2.75, 3.05) is 36.0 Å². The number of esters is 1. The van der Waals surface area contributed by atoms with Crippen molar-refractivity contribution >= 4 is 17.3 Å². The summed E-state index contributed by atoms with van der Waals surface area (Å²) in [6.07, 6.45) is 3.42. The first-order valence-electron chi connectivity index (χ1n) is 11.9. The third-order valence-corrected chi connectivity index (χ3v) is 6.79. The second-order valence-electron chi connectivity index (χ2n) is 8.38. The van der Waals surface area contributed by atoms with Crippen molar-refractivity contribution in [3.63, 3.8) is 0 Å². The second kappa shape index (κ2) is 9.26. The summed E-state index contributed by atoms with van der Waals surface area (Å²) >= 11 is 0. The van der Waals surface area contributed by atoms with Crippen molar-refractivity contribution in [1.29, 1.82) is 0 Å². The van der Waals surface area contributed by atoms with Gasteiger partial charge in [-0.3, -0.25) is 4.98 Å². The Labute approximate surface area is 197 Å². The van der Waals surface area contributed by atoms with E-state index in [1.165, 1.54) is 5.69 Å². The van der Waals surface area contributed by atoms with Crippen molar-refractivity contribution in [3.8, 4) is 0 Å². The van der Waals surface area contributed by atoms with E-state index < -0.39 is 5.60 Å². The smallest absolute Gasteiger partial charge is 0.340 e. The van der Waals surface area contributed by atoms with Crippen molar-refractivity contribution in [2.45, 2.75) is 40.2 Å². The fraction of sp³-hybridized carbons (Fsp3) is 0.357. The number of pyridine rings is 1. The minimum absolute atomic E-state index is 0.313. The SMILES string of the molecule is CCN(CC)c1ccc(C2(c3ccc(N(CC)CC)cc3C)OC(=O)c3ccncc32)cc1. The average Bonchev–Trinajstić information content (AvgIpc) is 3.14. The molecule has 1 atom stereocenters. The number of carbonyl (C=O) groups excluding carboxylic acids is 1. The molecule has 2 aromatic carbocycles. The van der Waals surface area contributed by atoms with Crippen molar-refractivity contribution in [3.05, 3.63) is 88.7 Å². The molecule has 33 heavy (non-hydrogen) atoms. The molecule has 4 rings (SSSR count). The molecule has 0 bridgehead atoms. The van der Waals surface area contributed by atoms with E-state index in [9.17, 15) is 4.79 Å². The molecule has 0 amide bonds. The lowest BCUT2D eigenvalue weighted by Crippen LogP contribution is -2.31. The molecule has 0 N–H and O–H groups in total. The Morgan fingerprint density at radius 3 is 2.03 bits per heavy atom. The summed E-state index contributed by atoms with van der Waals surface area (Å²) in [6.45, 7) is 14.5. The van der Waals surface area contributed by atoms with E-state index >= 15 is 0 Å². The minimum Gasteiger partial charge on any atom is -0.441 e. The van der Waals surface area contributed by atoms with Gasteiger partial charge in [0.25, 0.3) is 0 Å². The molecule has 1 unspecified atom stereocenters. The Bertz CT molecular complexity index is 1130. The fourth-order valence-corrected chi connectivity index (χ4v) is 5.00. The van der Waals surface area contributed by atoms with Gasteiger partial charge in [0.1, 0.15) is 0 Å². The molecule has 2 heterocycles. The predicted octanol–water partition coefficient (Wildman–Crippen LogP) is 5.54. The molecule has 1 aromatic heterocycles. The molecule has 5 heteroatoms. The van der Waals surface area contributed by atoms with Crippen molar-refractivity contribution in [1.82, 2.24) is 4.98 Å². The highest BCUT2D eigenvalue weighted by Crippen LogP contribution is 2.48. The molecule has 1 aliphatic heterocycles. The predicted molar refractivity (Wildman–Crippen MR) is 134 cm³/mol. The Hall–Kier alpha value is -3.34. The first kappa shape index (κ1) is 22.8. The number of nitrogens with zero attached hydrogens (tertiary/aromatic N) is 3. The van der Waals surface area contributed by atoms with Crippen LogP contribution in [0.3, 0.4) is 0 Å². The molecule has 0 radical (unpaired) electrons. The Balaban J connectivity index is 1.91. The van der Waals surface area contributed by atoms with E-state index in [0.717, 1.165) is 54.1 Å². The first-order valence-corrected chi connectivity index (χ1v) is 11.9. The number of rotatable bonds is 8. The molecule has 0 spiro atoms. The molecule has 1 aliphatic rings. The number of carbonyl (C=O) groups is 1. The van der Waals surface area contributed by atoms with Crippen LogP contribution in [-0.2, 0) is 10.3 Å². The van der Waals surface area contributed by atoms with E-state index in [2.05, 4.69) is 91.9 Å². The number of fused-ring (bicyclic) bond motifs is 1. The average molecular weight is 444 g/mol. The van der Waals surface area contributed by atoms with Gasteiger partial charge in [0.2, 0.25) is 0 Å². The third-order valence-electron chi connectivity index (χ3n) is 6.79. The number of hydrogen-bond donors (Lipinski definition) is 0. The Morgan fingerprint density at radius 2 is 1.42 bits per heavy atom. The van der Waals surface area contributed by atoms with Crippen LogP contribution in [0.2, 0.25) is 0 Å². The number of ether oxygens (including phenoxy) is 1. The van der Waals surface area contributed by atoms with Crippen LogP contribution < -0.4 is 9.80 Å². The quantitative estimate of drug-likeness (QED) is 0.428. The number of hydrogen-bond acceptors (Lipinski definition) is 5. The summed E-state index contributed by atoms with van der Waals surface area (Å²) < 4.78 is 6.27. The lowest BCUT2D eigenvalue weighted by atomic mass is 9.78. The topological polar surface area (TPSA) is 45.7 Å². The lowest BCUT2D eigenvalue weighted by molar-refractivity contribution is 0.0249. The van der Waals surface area contributed by atoms with Crippen molar-refractivity contribution < 1.29 is 9.53 Å². The van der Waals surface area contributed by atoms with Crippen LogP contribution in [0.5, 0.6) is 0 Å². The Morgan fingerprint density at radius 1 is 0.818 bits per heavy atom. The van der Waals surface area contributed by atoms with Gasteiger partial charge in [0, 0.05) is 66.6 Å². The Kier molecular flexibility index (Phi) is 6.41. The summed E-state index contributed by atoms with van der Waals surface area (Å²) in [5.41, 5.74) is 5.65. The summed E-state index contributed by atoms with van der Waals surface area (Å²) in [6, 6.07) is 16.6. The van der Waals surface area contributed by atoms with Crippen LogP contribution >= 0.6 is 0 Å². The van der Waals surface area contributed by atoms with Crippen LogP contribution in [0.1, 0.15) is 60.3 Å². The maximum atomic E-state index is 13.0. The normalized spacial score (nSPS) is 16.9. The van der Waals surface area contributed by atoms with Gasteiger partial charge in [-0.05, 0) is 70.5 Å². The van der Waals surface area contributed by atoms with Gasteiger partial charge >= 0.3 is 5.97 Å². The monoisotopic (exact) mass is 443 g/mol. The summed E-state index contributed by atoms with van der Waals surface area (Å²) in [7, 11) is 0. The van der Waals surface area contributed by atoms with Gasteiger partial charge in [0.15, 0.2) is 5.60 Å². The summed E-state index contributed by atoms with van der Waals surface area (Å²) in [5.74, 6) is -0.313. The maximum absolute atomic E-state index is 13.0. The van der Waals surface area contributed by atoms with Crippen LogP contribution in [0.4, 0.5) is 11.4 Å². The maximum Gasteiger partial charge on any atom is 0.340 e. The third kappa shape index (κ3) is 3.75. The summed E-state index contributed by atoms with van der Waals surface area (Å²) in [4.78, 5) is 22.0. The van der Waals surface area contributed by atoms with E-state index in [1.807, 2.05) is 0 Å². The van der Waals surface area contributed by atoms with Gasteiger partial charge in [-0.2, -0.15) is 0 Å². The zero-order valence-electron chi connectivity index (χ0n) is 20.3. The molecular weight excluding hydrogens is 410 g/mol. The summed E-state index contributed by atoms with van der Waals surface area (Å²) in [5, 5.41) is 0. The van der Waals surface area contributed by atoms with E-state index in [1.54, 1.807) is 18.5 Å². The van der Waals surface area contributed by atoms with Gasteiger partial charge in [-0.15, -0.1) is 0 Å². The number of benzene rings is 2. The molecule has 0 aliphatic carbocycles. The van der Waals surface area contributed by atoms with Gasteiger partial charge in [0.05, 0.1) is 5.56 Å². The van der Waals surface area contributed by atoms with Crippen LogP contribution in [0.25, 0.3) is 0 Å². The largest absolute Gasteiger partial charge is 0.441 e. The number of anilines is 2. The van der Waals surface area contributed by atoms with E-state index in [-0.39, 0.29) is 5.97 Å². The molecule has 5 nitrogen and oxygen atoms in total. The zero-order valence-corrected chi connectivity index (χ0v) is 20.3. The highest BCUT2D eigenvalue weighted by atomic mass is 16.6. The molecular formula is C28H33N3O2. The molecule has 0 fully saturated rings. The zero-order chi connectivity index (χ0) is 23.6. The highest BCUT2D eigenvalue weighted by Gasteiger charge is 2.49. The van der Waals surface area contributed by atoms with Gasteiger partial charge < -0.3 is 14.5 Å². The van der Waals surface area contributed by atoms with Gasteiger partial charge in [-0.1, -0.05) is 18.2 Å². The highest BCUT2D eigenvalue weighted by molar-refractivity contribution is 5.96. The number of cyclic esters (lactones) is 1. The van der Waals surface area contributed by atoms with Crippen molar-refractivity contribution in [2.24, 2.45) is 0 Å². The van der Waals surface area contributed by atoms with Gasteiger partial charge in [-0.25, -0.2) is 4.79 Å². The minimum atomic E-state index is -1.02. The van der Waals surface area contributed by atoms with E-state index in [0.29, 0.717) is 5.56 Å². The van der Waals surface area contributed by atoms with Crippen LogP contribution in [0.15, 0.2) is 60.9 Å². The standard InChI is InChI=1S/C28H33N3O2/c1-6-30(7-2)22-12-10-21(11-13-22)28(26-19-29-17-16-24(26)27(32)33-28)25-15-14-23(18-20(25)5)31(8-3)9-4/h10-19H,6-9H2,1-5H3. The molecule has 3 aromatic rings. The first-order chi connectivity index (χ1) is 16.0. The second-order valence-corrected chi connectivity index (χ2v) is 8.38. The molecule has 172 valence electrons. The fourth-order valence-electron chi connectivity index (χ4n) is 5.00. The van der Waals surface area contributed by atoms with Crippen LogP contribution in [0, 0.1) is 6.92 Å². The lowest BCUT2D eigenvalue weighted by Gasteiger charge is -2.33. The number of aryl methyl sites for hydroxylation is 1. The number of aromatic nitrogens is 1.